The first-order chi connectivity index (χ1) is 13.2. The molecule has 7 nitrogen and oxygen atoms in total. The summed E-state index contributed by atoms with van der Waals surface area (Å²) in [5.74, 6) is 0.335. The molecule has 0 bridgehead atoms. The summed E-state index contributed by atoms with van der Waals surface area (Å²) in [6, 6.07) is 13.3. The van der Waals surface area contributed by atoms with Crippen molar-refractivity contribution in [3.05, 3.63) is 72.3 Å². The Labute approximate surface area is 157 Å². The minimum Gasteiger partial charge on any atom is -0.459 e. The number of hydrazine groups is 1. The number of amides is 2. The van der Waals surface area contributed by atoms with Crippen molar-refractivity contribution < 1.29 is 18.9 Å². The summed E-state index contributed by atoms with van der Waals surface area (Å²) in [6.45, 7) is 3.14. The first kappa shape index (κ1) is 17.4. The fraction of sp³-hybridized carbons (Fsp3) is 0.300. The summed E-state index contributed by atoms with van der Waals surface area (Å²) in [4.78, 5) is 28.1. The lowest BCUT2D eigenvalue weighted by molar-refractivity contribution is -0.896. The molecule has 1 aromatic carbocycles. The van der Waals surface area contributed by atoms with Gasteiger partial charge < -0.3 is 19.6 Å². The van der Waals surface area contributed by atoms with Gasteiger partial charge in [-0.05, 0) is 23.8 Å². The molecule has 0 radical (unpaired) electrons. The Morgan fingerprint density at radius 3 is 2.59 bits per heavy atom. The fourth-order valence-corrected chi connectivity index (χ4v) is 3.58. The lowest BCUT2D eigenvalue weighted by Gasteiger charge is -2.33. The molecule has 0 saturated carbocycles. The van der Waals surface area contributed by atoms with Crippen molar-refractivity contribution in [1.82, 2.24) is 15.3 Å². The van der Waals surface area contributed by atoms with Gasteiger partial charge in [-0.3, -0.25) is 9.59 Å². The number of nitrogens with zero attached hydrogens (tertiary/aromatic N) is 2. The van der Waals surface area contributed by atoms with Gasteiger partial charge in [-0.1, -0.05) is 30.3 Å². The van der Waals surface area contributed by atoms with E-state index in [1.807, 2.05) is 42.6 Å². The summed E-state index contributed by atoms with van der Waals surface area (Å²) in [6.07, 6.45) is 5.31. The molecule has 2 aliphatic rings. The van der Waals surface area contributed by atoms with Crippen LogP contribution < -0.4 is 10.3 Å². The number of piperazine rings is 1. The number of benzene rings is 1. The molecule has 1 fully saturated rings. The van der Waals surface area contributed by atoms with E-state index in [1.54, 1.807) is 22.0 Å². The second-order valence-corrected chi connectivity index (χ2v) is 6.80. The molecule has 2 aliphatic heterocycles. The van der Waals surface area contributed by atoms with Gasteiger partial charge >= 0.3 is 0 Å². The number of rotatable bonds is 4. The molecule has 1 aromatic heterocycles. The molecule has 3 heterocycles. The molecule has 140 valence electrons. The normalized spacial score (nSPS) is 19.9. The maximum atomic E-state index is 12.8. The van der Waals surface area contributed by atoms with Crippen LogP contribution in [-0.2, 0) is 4.79 Å². The minimum absolute atomic E-state index is 0.0506. The van der Waals surface area contributed by atoms with Crippen LogP contribution in [0.5, 0.6) is 0 Å². The van der Waals surface area contributed by atoms with Crippen LogP contribution in [0, 0.1) is 0 Å². The van der Waals surface area contributed by atoms with E-state index >= 15 is 0 Å². The molecule has 1 saturated heterocycles. The van der Waals surface area contributed by atoms with E-state index in [9.17, 15) is 9.59 Å². The van der Waals surface area contributed by atoms with E-state index in [0.29, 0.717) is 25.4 Å². The van der Waals surface area contributed by atoms with Crippen molar-refractivity contribution in [2.75, 3.05) is 32.7 Å². The van der Waals surface area contributed by atoms with Crippen molar-refractivity contribution in [1.29, 1.82) is 0 Å². The van der Waals surface area contributed by atoms with Crippen molar-refractivity contribution >= 4 is 11.8 Å². The summed E-state index contributed by atoms with van der Waals surface area (Å²) in [7, 11) is 0. The fourth-order valence-electron chi connectivity index (χ4n) is 3.58. The highest BCUT2D eigenvalue weighted by Crippen LogP contribution is 2.23. The average Bonchev–Trinajstić information content (AvgIpc) is 3.41. The Balaban J connectivity index is 1.31. The van der Waals surface area contributed by atoms with Gasteiger partial charge in [0.05, 0.1) is 38.5 Å². The largest absolute Gasteiger partial charge is 0.459 e. The SMILES string of the molecule is O=C(c1ccco1)N1CC[NH+](CC(=O)N2NC=C[C@H]2c2ccccc2)CC1. The monoisotopic (exact) mass is 367 g/mol. The van der Waals surface area contributed by atoms with Crippen LogP contribution in [0.25, 0.3) is 0 Å². The molecule has 2 aromatic rings. The van der Waals surface area contributed by atoms with Crippen LogP contribution >= 0.6 is 0 Å². The number of hydrogen-bond acceptors (Lipinski definition) is 4. The van der Waals surface area contributed by atoms with E-state index in [2.05, 4.69) is 5.43 Å². The molecule has 0 unspecified atom stereocenters. The molecule has 0 spiro atoms. The molecule has 0 aliphatic carbocycles. The number of carbonyl (C=O) groups excluding carboxylic acids is 2. The van der Waals surface area contributed by atoms with Crippen molar-refractivity contribution in [2.24, 2.45) is 0 Å². The molecule has 1 atom stereocenters. The Morgan fingerprint density at radius 1 is 1.11 bits per heavy atom. The second kappa shape index (κ2) is 7.67. The Morgan fingerprint density at radius 2 is 1.89 bits per heavy atom. The lowest BCUT2D eigenvalue weighted by Crippen LogP contribution is -3.15. The van der Waals surface area contributed by atoms with Crippen molar-refractivity contribution in [3.63, 3.8) is 0 Å². The first-order valence-electron chi connectivity index (χ1n) is 9.18. The van der Waals surface area contributed by atoms with Crippen LogP contribution in [0.15, 0.2) is 65.4 Å². The van der Waals surface area contributed by atoms with Crippen LogP contribution in [0.2, 0.25) is 0 Å². The summed E-state index contributed by atoms with van der Waals surface area (Å²) in [5.41, 5.74) is 4.13. The maximum absolute atomic E-state index is 12.8. The van der Waals surface area contributed by atoms with Gasteiger partial charge in [-0.25, -0.2) is 5.01 Å². The topological polar surface area (TPSA) is 70.2 Å². The summed E-state index contributed by atoms with van der Waals surface area (Å²) < 4.78 is 5.19. The quantitative estimate of drug-likeness (QED) is 0.811. The first-order valence-corrected chi connectivity index (χ1v) is 9.18. The second-order valence-electron chi connectivity index (χ2n) is 6.80. The van der Waals surface area contributed by atoms with Gasteiger partial charge in [0.15, 0.2) is 12.3 Å². The van der Waals surface area contributed by atoms with Gasteiger partial charge in [0.2, 0.25) is 0 Å². The smallest absolute Gasteiger partial charge is 0.296 e. The van der Waals surface area contributed by atoms with Gasteiger partial charge in [0.25, 0.3) is 11.8 Å². The van der Waals surface area contributed by atoms with Crippen molar-refractivity contribution in [3.8, 4) is 0 Å². The number of hydrogen-bond donors (Lipinski definition) is 2. The Hall–Kier alpha value is -3.06. The maximum Gasteiger partial charge on any atom is 0.296 e. The zero-order valence-corrected chi connectivity index (χ0v) is 15.0. The van der Waals surface area contributed by atoms with Crippen LogP contribution in [-0.4, -0.2) is 54.4 Å². The highest BCUT2D eigenvalue weighted by Gasteiger charge is 2.31. The van der Waals surface area contributed by atoms with Gasteiger partial charge in [0, 0.05) is 6.20 Å². The summed E-state index contributed by atoms with van der Waals surface area (Å²) in [5, 5.41) is 1.68. The average molecular weight is 367 g/mol. The van der Waals surface area contributed by atoms with E-state index in [0.717, 1.165) is 18.7 Å². The molecule has 7 heteroatoms. The number of nitrogens with one attached hydrogen (secondary N) is 2. The molecule has 27 heavy (non-hydrogen) atoms. The van der Waals surface area contributed by atoms with Gasteiger partial charge in [0.1, 0.15) is 0 Å². The Kier molecular flexibility index (Phi) is 4.93. The summed E-state index contributed by atoms with van der Waals surface area (Å²) >= 11 is 0. The number of quaternary nitrogens is 1. The lowest BCUT2D eigenvalue weighted by atomic mass is 10.1. The standard InChI is InChI=1S/C20H22N4O3/c25-19(24-17(8-9-21-24)16-5-2-1-3-6-16)15-22-10-12-23(13-11-22)20(26)18-7-4-14-27-18/h1-9,14,17,21H,10-13,15H2/p+1/t17-/m0/s1. The Bertz CT molecular complexity index is 811. The third kappa shape index (κ3) is 3.73. The number of carbonyl (C=O) groups is 2. The van der Waals surface area contributed by atoms with Gasteiger partial charge in [-0.2, -0.15) is 0 Å². The molecule has 4 rings (SSSR count). The van der Waals surface area contributed by atoms with Crippen LogP contribution in [0.3, 0.4) is 0 Å². The van der Waals surface area contributed by atoms with E-state index in [-0.39, 0.29) is 17.9 Å². The van der Waals surface area contributed by atoms with Gasteiger partial charge in [-0.15, -0.1) is 0 Å². The van der Waals surface area contributed by atoms with Crippen LogP contribution in [0.4, 0.5) is 0 Å². The highest BCUT2D eigenvalue weighted by atomic mass is 16.3. The highest BCUT2D eigenvalue weighted by molar-refractivity contribution is 5.91. The van der Waals surface area contributed by atoms with E-state index < -0.39 is 0 Å². The van der Waals surface area contributed by atoms with Crippen LogP contribution in [0.1, 0.15) is 22.2 Å². The van der Waals surface area contributed by atoms with E-state index in [1.165, 1.54) is 11.2 Å². The minimum atomic E-state index is -0.0834. The predicted molar refractivity (Wildman–Crippen MR) is 98.5 cm³/mol. The molecule has 2 amide bonds. The van der Waals surface area contributed by atoms with E-state index in [4.69, 9.17) is 4.42 Å². The van der Waals surface area contributed by atoms with Crippen molar-refractivity contribution in [2.45, 2.75) is 6.04 Å². The molecular formula is C20H23N4O3+. The molecule has 2 N–H and O–H groups in total. The zero-order valence-electron chi connectivity index (χ0n) is 15.0. The molecular weight excluding hydrogens is 344 g/mol. The zero-order chi connectivity index (χ0) is 18.6. The number of furan rings is 1. The third-order valence-corrected chi connectivity index (χ3v) is 5.07. The third-order valence-electron chi connectivity index (χ3n) is 5.07. The predicted octanol–water partition coefficient (Wildman–Crippen LogP) is 0.222.